The second-order valence-corrected chi connectivity index (χ2v) is 8.54. The van der Waals surface area contributed by atoms with Crippen LogP contribution in [-0.4, -0.2) is 53.5 Å². The summed E-state index contributed by atoms with van der Waals surface area (Å²) in [6.07, 6.45) is 4.48. The molecule has 3 aromatic rings. The van der Waals surface area contributed by atoms with Gasteiger partial charge in [-0.2, -0.15) is 0 Å². The third-order valence-electron chi connectivity index (χ3n) is 6.35. The molecule has 0 N–H and O–H groups in total. The average molecular weight is 466 g/mol. The Morgan fingerprint density at radius 1 is 1.12 bits per heavy atom. The smallest absolute Gasteiger partial charge is 0.409 e. The number of rotatable bonds is 7. The van der Waals surface area contributed by atoms with Gasteiger partial charge in [0, 0.05) is 19.2 Å². The van der Waals surface area contributed by atoms with Crippen molar-refractivity contribution in [3.05, 3.63) is 64.7 Å². The maximum atomic E-state index is 13.2. The zero-order valence-corrected chi connectivity index (χ0v) is 19.9. The molecule has 34 heavy (non-hydrogen) atoms. The molecule has 4 rings (SSSR count). The second kappa shape index (κ2) is 10.6. The van der Waals surface area contributed by atoms with Gasteiger partial charge < -0.3 is 19.1 Å². The Labute approximate surface area is 199 Å². The highest BCUT2D eigenvalue weighted by Gasteiger charge is 2.28. The summed E-state index contributed by atoms with van der Waals surface area (Å²) in [4.78, 5) is 31.4. The lowest BCUT2D eigenvalue weighted by Gasteiger charge is -2.34. The van der Waals surface area contributed by atoms with E-state index in [1.54, 1.807) is 49.0 Å². The van der Waals surface area contributed by atoms with E-state index in [9.17, 15) is 9.59 Å². The van der Waals surface area contributed by atoms with Gasteiger partial charge in [0.05, 0.1) is 43.6 Å². The molecule has 0 atom stereocenters. The van der Waals surface area contributed by atoms with E-state index in [1.807, 2.05) is 30.3 Å². The van der Waals surface area contributed by atoms with Crippen molar-refractivity contribution >= 4 is 17.0 Å². The normalized spacial score (nSPS) is 17.9. The summed E-state index contributed by atoms with van der Waals surface area (Å²) < 4.78 is 18.5. The molecule has 1 aliphatic carbocycles. The van der Waals surface area contributed by atoms with Crippen molar-refractivity contribution in [3.63, 3.8) is 0 Å². The Kier molecular flexibility index (Phi) is 7.35. The standard InChI is InChI=1S/C26H31N3O5/c1-4-33-26(31)28(2)19-10-12-20(13-11-19)34-24-14-21-22(15-23(24)32-3)27-17-29(25(21)30)16-18-8-6-5-7-9-18/h5-9,14-15,17,19-20H,4,10-13,16H2,1-3H3/t19-,20-. The molecule has 8 nitrogen and oxygen atoms in total. The summed E-state index contributed by atoms with van der Waals surface area (Å²) in [5, 5.41) is 0.491. The minimum atomic E-state index is -0.289. The van der Waals surface area contributed by atoms with E-state index < -0.39 is 0 Å². The van der Waals surface area contributed by atoms with Crippen molar-refractivity contribution in [1.29, 1.82) is 0 Å². The molecular formula is C26H31N3O5. The molecule has 1 aliphatic rings. The zero-order chi connectivity index (χ0) is 24.1. The summed E-state index contributed by atoms with van der Waals surface area (Å²) in [5.41, 5.74) is 1.47. The summed E-state index contributed by atoms with van der Waals surface area (Å²) in [6, 6.07) is 13.4. The lowest BCUT2D eigenvalue weighted by atomic mass is 9.92. The van der Waals surface area contributed by atoms with Crippen LogP contribution in [0.5, 0.6) is 11.5 Å². The Balaban J connectivity index is 1.51. The lowest BCUT2D eigenvalue weighted by molar-refractivity contribution is 0.0718. The van der Waals surface area contributed by atoms with Gasteiger partial charge in [0.2, 0.25) is 0 Å². The Hall–Kier alpha value is -3.55. The summed E-state index contributed by atoms with van der Waals surface area (Å²) >= 11 is 0. The summed E-state index contributed by atoms with van der Waals surface area (Å²) in [6.45, 7) is 2.62. The van der Waals surface area contributed by atoms with Gasteiger partial charge >= 0.3 is 6.09 Å². The van der Waals surface area contributed by atoms with Gasteiger partial charge in [-0.25, -0.2) is 9.78 Å². The van der Waals surface area contributed by atoms with E-state index in [0.717, 1.165) is 31.2 Å². The monoisotopic (exact) mass is 465 g/mol. The lowest BCUT2D eigenvalue weighted by Crippen LogP contribution is -2.41. The highest BCUT2D eigenvalue weighted by Crippen LogP contribution is 2.34. The number of amides is 1. The van der Waals surface area contributed by atoms with Crippen molar-refractivity contribution in [1.82, 2.24) is 14.5 Å². The topological polar surface area (TPSA) is 82.9 Å². The van der Waals surface area contributed by atoms with E-state index in [1.165, 1.54) is 0 Å². The number of nitrogens with zero attached hydrogens (tertiary/aromatic N) is 3. The van der Waals surface area contributed by atoms with Crippen LogP contribution in [-0.2, 0) is 11.3 Å². The number of hydrogen-bond acceptors (Lipinski definition) is 6. The fourth-order valence-electron chi connectivity index (χ4n) is 4.42. The van der Waals surface area contributed by atoms with E-state index >= 15 is 0 Å². The first-order valence-corrected chi connectivity index (χ1v) is 11.7. The van der Waals surface area contributed by atoms with Crippen LogP contribution in [0.2, 0.25) is 0 Å². The maximum absolute atomic E-state index is 13.2. The molecule has 1 aromatic heterocycles. The molecule has 180 valence electrons. The molecule has 0 spiro atoms. The van der Waals surface area contributed by atoms with E-state index in [0.29, 0.717) is 35.6 Å². The number of fused-ring (bicyclic) bond motifs is 1. The number of carbonyl (C=O) groups is 1. The SMILES string of the molecule is CCOC(=O)N(C)[C@H]1CC[C@H](Oc2cc3c(=O)n(Cc4ccccc4)cnc3cc2OC)CC1. The van der Waals surface area contributed by atoms with Crippen LogP contribution < -0.4 is 15.0 Å². The molecule has 8 heteroatoms. The molecule has 0 unspecified atom stereocenters. The summed E-state index contributed by atoms with van der Waals surface area (Å²) in [5.74, 6) is 1.08. The second-order valence-electron chi connectivity index (χ2n) is 8.54. The molecule has 2 aromatic carbocycles. The predicted octanol–water partition coefficient (Wildman–Crippen LogP) is 4.23. The number of methoxy groups -OCH3 is 1. The number of aromatic nitrogens is 2. The van der Waals surface area contributed by atoms with Crippen molar-refractivity contribution in [3.8, 4) is 11.5 Å². The molecule has 0 radical (unpaired) electrons. The average Bonchev–Trinajstić information content (AvgIpc) is 2.86. The molecule has 0 aliphatic heterocycles. The number of hydrogen-bond donors (Lipinski definition) is 0. The minimum absolute atomic E-state index is 0.0265. The number of carbonyl (C=O) groups excluding carboxylic acids is 1. The molecule has 0 saturated heterocycles. The first-order valence-electron chi connectivity index (χ1n) is 11.7. The highest BCUT2D eigenvalue weighted by atomic mass is 16.6. The molecule has 1 heterocycles. The first kappa shape index (κ1) is 23.6. The molecule has 1 amide bonds. The third kappa shape index (κ3) is 5.16. The number of benzene rings is 2. The van der Waals surface area contributed by atoms with Gasteiger partial charge in [0.1, 0.15) is 0 Å². The fourth-order valence-corrected chi connectivity index (χ4v) is 4.42. The van der Waals surface area contributed by atoms with Crippen molar-refractivity contribution in [2.75, 3.05) is 20.8 Å². The maximum Gasteiger partial charge on any atom is 0.409 e. The van der Waals surface area contributed by atoms with Gasteiger partial charge in [-0.15, -0.1) is 0 Å². The van der Waals surface area contributed by atoms with Crippen LogP contribution in [0.4, 0.5) is 4.79 Å². The largest absolute Gasteiger partial charge is 0.493 e. The van der Waals surface area contributed by atoms with Crippen LogP contribution in [0.1, 0.15) is 38.2 Å². The van der Waals surface area contributed by atoms with Crippen molar-refractivity contribution < 1.29 is 19.0 Å². The van der Waals surface area contributed by atoms with Gasteiger partial charge in [-0.3, -0.25) is 9.36 Å². The highest BCUT2D eigenvalue weighted by molar-refractivity contribution is 5.81. The number of ether oxygens (including phenoxy) is 3. The molecule has 0 bridgehead atoms. The van der Waals surface area contributed by atoms with Gasteiger partial charge in [0.25, 0.3) is 5.56 Å². The zero-order valence-electron chi connectivity index (χ0n) is 19.9. The minimum Gasteiger partial charge on any atom is -0.493 e. The van der Waals surface area contributed by atoms with Crippen LogP contribution >= 0.6 is 0 Å². The van der Waals surface area contributed by atoms with Crippen molar-refractivity contribution in [2.45, 2.75) is 51.3 Å². The van der Waals surface area contributed by atoms with Crippen molar-refractivity contribution in [2.24, 2.45) is 0 Å². The van der Waals surface area contributed by atoms with Crippen LogP contribution in [0, 0.1) is 0 Å². The van der Waals surface area contributed by atoms with Crippen LogP contribution in [0.3, 0.4) is 0 Å². The van der Waals surface area contributed by atoms with Gasteiger partial charge in [-0.1, -0.05) is 30.3 Å². The third-order valence-corrected chi connectivity index (χ3v) is 6.35. The van der Waals surface area contributed by atoms with E-state index in [-0.39, 0.29) is 23.8 Å². The van der Waals surface area contributed by atoms with Crippen LogP contribution in [0.15, 0.2) is 53.6 Å². The van der Waals surface area contributed by atoms with Gasteiger partial charge in [0.15, 0.2) is 11.5 Å². The quantitative estimate of drug-likeness (QED) is 0.519. The van der Waals surface area contributed by atoms with Gasteiger partial charge in [-0.05, 0) is 44.2 Å². The fraction of sp³-hybridized carbons (Fsp3) is 0.423. The van der Waals surface area contributed by atoms with E-state index in [2.05, 4.69) is 4.98 Å². The molecule has 1 fully saturated rings. The predicted molar refractivity (Wildman–Crippen MR) is 130 cm³/mol. The van der Waals surface area contributed by atoms with E-state index in [4.69, 9.17) is 14.2 Å². The Morgan fingerprint density at radius 3 is 2.53 bits per heavy atom. The Bertz CT molecular complexity index is 1190. The molecular weight excluding hydrogens is 434 g/mol. The summed E-state index contributed by atoms with van der Waals surface area (Å²) in [7, 11) is 3.36. The first-order chi connectivity index (χ1) is 16.5. The van der Waals surface area contributed by atoms with Crippen LogP contribution in [0.25, 0.3) is 10.9 Å². The molecule has 1 saturated carbocycles. The Morgan fingerprint density at radius 2 is 1.85 bits per heavy atom.